The molecule has 0 bridgehead atoms. The van der Waals surface area contributed by atoms with Gasteiger partial charge in [-0.1, -0.05) is 42.8 Å². The monoisotopic (exact) mass is 298 g/mol. The first-order chi connectivity index (χ1) is 10.1. The van der Waals surface area contributed by atoms with Crippen LogP contribution in [0.3, 0.4) is 0 Å². The summed E-state index contributed by atoms with van der Waals surface area (Å²) in [6.45, 7) is 6.32. The molecule has 0 spiro atoms. The Kier molecular flexibility index (Phi) is 5.63. The van der Waals surface area contributed by atoms with E-state index in [1.54, 1.807) is 0 Å². The number of rotatable bonds is 6. The van der Waals surface area contributed by atoms with Gasteiger partial charge in [-0.3, -0.25) is 4.79 Å². The molecular formula is C19H22OS. The van der Waals surface area contributed by atoms with Crippen molar-refractivity contribution in [2.45, 2.75) is 44.3 Å². The van der Waals surface area contributed by atoms with Crippen molar-refractivity contribution in [1.82, 2.24) is 0 Å². The van der Waals surface area contributed by atoms with Crippen molar-refractivity contribution in [3.8, 4) is 0 Å². The van der Waals surface area contributed by atoms with Crippen LogP contribution in [0.5, 0.6) is 0 Å². The Hall–Kier alpha value is -1.54. The molecule has 0 heterocycles. The summed E-state index contributed by atoms with van der Waals surface area (Å²) in [5.41, 5.74) is 4.85. The van der Waals surface area contributed by atoms with Gasteiger partial charge in [-0.05, 0) is 43.5 Å². The number of hydrogen-bond acceptors (Lipinski definition) is 2. The highest BCUT2D eigenvalue weighted by Gasteiger charge is 2.05. The maximum atomic E-state index is 11.8. The van der Waals surface area contributed by atoms with Crippen LogP contribution in [-0.4, -0.2) is 5.78 Å². The molecule has 2 aromatic carbocycles. The van der Waals surface area contributed by atoms with E-state index in [0.29, 0.717) is 6.42 Å². The Morgan fingerprint density at radius 2 is 1.76 bits per heavy atom. The van der Waals surface area contributed by atoms with Gasteiger partial charge >= 0.3 is 0 Å². The topological polar surface area (TPSA) is 17.1 Å². The number of Topliss-reactive ketones (excluding diaryl/α,β-unsaturated/α-hetero) is 1. The van der Waals surface area contributed by atoms with Gasteiger partial charge in [-0.15, -0.1) is 11.8 Å². The van der Waals surface area contributed by atoms with E-state index in [1.807, 2.05) is 30.8 Å². The number of benzene rings is 2. The first kappa shape index (κ1) is 15.8. The molecule has 0 aliphatic carbocycles. The van der Waals surface area contributed by atoms with Crippen LogP contribution in [0.4, 0.5) is 0 Å². The molecule has 110 valence electrons. The zero-order chi connectivity index (χ0) is 15.2. The Bertz CT molecular complexity index is 614. The van der Waals surface area contributed by atoms with Gasteiger partial charge in [-0.2, -0.15) is 0 Å². The molecule has 2 aromatic rings. The number of thioether (sulfide) groups is 1. The molecular weight excluding hydrogens is 276 g/mol. The van der Waals surface area contributed by atoms with Crippen LogP contribution in [0.2, 0.25) is 0 Å². The minimum Gasteiger partial charge on any atom is -0.294 e. The fraction of sp³-hybridized carbons (Fsp3) is 0.316. The van der Waals surface area contributed by atoms with Gasteiger partial charge in [0.05, 0.1) is 0 Å². The smallest absolute Gasteiger partial charge is 0.162 e. The molecule has 0 atom stereocenters. The molecule has 0 amide bonds. The fourth-order valence-corrected chi connectivity index (χ4v) is 3.19. The predicted octanol–water partition coefficient (Wildman–Crippen LogP) is 5.58. The van der Waals surface area contributed by atoms with Crippen molar-refractivity contribution < 1.29 is 4.79 Å². The summed E-state index contributed by atoms with van der Waals surface area (Å²) in [5.74, 6) is 1.21. The van der Waals surface area contributed by atoms with Crippen molar-refractivity contribution in [1.29, 1.82) is 0 Å². The molecule has 1 nitrogen and oxygen atoms in total. The molecule has 0 radical (unpaired) electrons. The Morgan fingerprint density at radius 1 is 1.05 bits per heavy atom. The van der Waals surface area contributed by atoms with Crippen LogP contribution in [0.25, 0.3) is 0 Å². The molecule has 2 heteroatoms. The minimum atomic E-state index is 0.239. The molecule has 0 aromatic heterocycles. The quantitative estimate of drug-likeness (QED) is 0.511. The van der Waals surface area contributed by atoms with E-state index in [9.17, 15) is 4.79 Å². The van der Waals surface area contributed by atoms with E-state index >= 15 is 0 Å². The zero-order valence-corrected chi connectivity index (χ0v) is 13.8. The second kappa shape index (κ2) is 7.46. The second-order valence-corrected chi connectivity index (χ2v) is 6.46. The van der Waals surface area contributed by atoms with Gasteiger partial charge in [0.2, 0.25) is 0 Å². The van der Waals surface area contributed by atoms with Crippen molar-refractivity contribution in [2.75, 3.05) is 0 Å². The third-order valence-electron chi connectivity index (χ3n) is 3.55. The Balaban J connectivity index is 2.00. The van der Waals surface area contributed by atoms with E-state index < -0.39 is 0 Å². The molecule has 0 unspecified atom stereocenters. The molecule has 2 rings (SSSR count). The highest BCUT2D eigenvalue weighted by atomic mass is 32.2. The van der Waals surface area contributed by atoms with Gasteiger partial charge in [-0.25, -0.2) is 0 Å². The van der Waals surface area contributed by atoms with E-state index in [4.69, 9.17) is 0 Å². The molecule has 0 aliphatic heterocycles. The van der Waals surface area contributed by atoms with E-state index in [0.717, 1.165) is 17.7 Å². The summed E-state index contributed by atoms with van der Waals surface area (Å²) in [7, 11) is 0. The molecule has 0 saturated heterocycles. The van der Waals surface area contributed by atoms with Crippen molar-refractivity contribution >= 4 is 17.5 Å². The highest BCUT2D eigenvalue weighted by molar-refractivity contribution is 7.98. The summed E-state index contributed by atoms with van der Waals surface area (Å²) < 4.78 is 0. The zero-order valence-electron chi connectivity index (χ0n) is 13.0. The largest absolute Gasteiger partial charge is 0.294 e. The number of aryl methyl sites for hydroxylation is 2. The minimum absolute atomic E-state index is 0.239. The maximum Gasteiger partial charge on any atom is 0.162 e. The first-order valence-electron chi connectivity index (χ1n) is 7.42. The summed E-state index contributed by atoms with van der Waals surface area (Å²) in [4.78, 5) is 13.0. The standard InChI is InChI=1S/C19H22OS/c1-4-5-19(20)16-8-10-18(11-9-16)21-13-17-12-14(2)6-7-15(17)3/h6-12H,4-5,13H2,1-3H3. The summed E-state index contributed by atoms with van der Waals surface area (Å²) in [5, 5.41) is 0. The number of carbonyl (C=O) groups is 1. The van der Waals surface area contributed by atoms with Crippen molar-refractivity contribution in [3.63, 3.8) is 0 Å². The lowest BCUT2D eigenvalue weighted by atomic mass is 10.1. The normalized spacial score (nSPS) is 10.6. The second-order valence-electron chi connectivity index (χ2n) is 5.42. The van der Waals surface area contributed by atoms with Crippen LogP contribution in [0.15, 0.2) is 47.4 Å². The van der Waals surface area contributed by atoms with E-state index in [-0.39, 0.29) is 5.78 Å². The predicted molar refractivity (Wildman–Crippen MR) is 91.2 cm³/mol. The summed E-state index contributed by atoms with van der Waals surface area (Å²) >= 11 is 1.82. The van der Waals surface area contributed by atoms with E-state index in [2.05, 4.69) is 44.2 Å². The lowest BCUT2D eigenvalue weighted by Crippen LogP contribution is -1.97. The van der Waals surface area contributed by atoms with Gasteiger partial charge < -0.3 is 0 Å². The number of ketones is 1. The molecule has 0 saturated carbocycles. The van der Waals surface area contributed by atoms with Crippen molar-refractivity contribution in [3.05, 3.63) is 64.7 Å². The van der Waals surface area contributed by atoms with Crippen LogP contribution in [0, 0.1) is 13.8 Å². The average molecular weight is 298 g/mol. The number of hydrogen-bond donors (Lipinski definition) is 0. The summed E-state index contributed by atoms with van der Waals surface area (Å²) in [6, 6.07) is 14.6. The average Bonchev–Trinajstić information content (AvgIpc) is 2.49. The maximum absolute atomic E-state index is 11.8. The van der Waals surface area contributed by atoms with Gasteiger partial charge in [0.1, 0.15) is 0 Å². The van der Waals surface area contributed by atoms with Gasteiger partial charge in [0, 0.05) is 22.6 Å². The third kappa shape index (κ3) is 4.47. The van der Waals surface area contributed by atoms with Crippen molar-refractivity contribution in [2.24, 2.45) is 0 Å². The molecule has 21 heavy (non-hydrogen) atoms. The first-order valence-corrected chi connectivity index (χ1v) is 8.41. The Labute approximate surface area is 131 Å². The molecule has 0 fully saturated rings. The highest BCUT2D eigenvalue weighted by Crippen LogP contribution is 2.25. The Morgan fingerprint density at radius 3 is 2.43 bits per heavy atom. The fourth-order valence-electron chi connectivity index (χ4n) is 2.23. The SMILES string of the molecule is CCCC(=O)c1ccc(SCc2cc(C)ccc2C)cc1. The van der Waals surface area contributed by atoms with Gasteiger partial charge in [0.25, 0.3) is 0 Å². The van der Waals surface area contributed by atoms with E-state index in [1.165, 1.54) is 21.6 Å². The number of carbonyl (C=O) groups excluding carboxylic acids is 1. The van der Waals surface area contributed by atoms with Crippen LogP contribution in [-0.2, 0) is 5.75 Å². The lowest BCUT2D eigenvalue weighted by Gasteiger charge is -2.07. The van der Waals surface area contributed by atoms with Gasteiger partial charge in [0.15, 0.2) is 5.78 Å². The molecule has 0 aliphatic rings. The van der Waals surface area contributed by atoms with Crippen LogP contribution >= 0.6 is 11.8 Å². The third-order valence-corrected chi connectivity index (χ3v) is 4.61. The summed E-state index contributed by atoms with van der Waals surface area (Å²) in [6.07, 6.45) is 1.54. The van der Waals surface area contributed by atoms with Crippen LogP contribution < -0.4 is 0 Å². The van der Waals surface area contributed by atoms with Crippen LogP contribution in [0.1, 0.15) is 46.8 Å². The molecule has 0 N–H and O–H groups in total. The lowest BCUT2D eigenvalue weighted by molar-refractivity contribution is 0.0981.